The first-order valence-corrected chi connectivity index (χ1v) is 6.56. The van der Waals surface area contributed by atoms with Crippen LogP contribution in [0.1, 0.15) is 6.92 Å². The summed E-state index contributed by atoms with van der Waals surface area (Å²) in [6, 6.07) is 15.1. The molecule has 0 aliphatic carbocycles. The van der Waals surface area contributed by atoms with Gasteiger partial charge < -0.3 is 0 Å². The van der Waals surface area contributed by atoms with E-state index in [9.17, 15) is 4.79 Å². The largest absolute Gasteiger partial charge is 0.274 e. The summed E-state index contributed by atoms with van der Waals surface area (Å²) in [5.41, 5.74) is 1.82. The molecule has 96 valence electrons. The van der Waals surface area contributed by atoms with Crippen LogP contribution >= 0.6 is 11.6 Å². The van der Waals surface area contributed by atoms with Crippen molar-refractivity contribution in [1.29, 1.82) is 0 Å². The highest BCUT2D eigenvalue weighted by atomic mass is 35.5. The molecule has 3 nitrogen and oxygen atoms in total. The molecule has 4 heteroatoms. The molecule has 0 saturated carbocycles. The van der Waals surface area contributed by atoms with Gasteiger partial charge in [-0.25, -0.2) is 4.68 Å². The Balaban J connectivity index is 2.43. The molecule has 0 radical (unpaired) electrons. The van der Waals surface area contributed by atoms with E-state index in [-0.39, 0.29) is 5.56 Å². The minimum atomic E-state index is 0.0260. The molecular weight excluding hydrogens is 260 g/mol. The molecule has 0 bridgehead atoms. The second-order valence-corrected chi connectivity index (χ2v) is 4.77. The van der Waals surface area contributed by atoms with E-state index in [0.29, 0.717) is 11.6 Å². The Bertz CT molecular complexity index is 801. The van der Waals surface area contributed by atoms with Crippen LogP contribution in [0.4, 0.5) is 0 Å². The SMILES string of the molecule is CCn1c(=O)c2ccccc2n1-c1cccc(Cl)c1. The van der Waals surface area contributed by atoms with Crippen LogP contribution < -0.4 is 5.56 Å². The summed E-state index contributed by atoms with van der Waals surface area (Å²) in [5, 5.41) is 1.38. The van der Waals surface area contributed by atoms with Crippen molar-refractivity contribution in [2.75, 3.05) is 0 Å². The third kappa shape index (κ3) is 1.87. The third-order valence-electron chi connectivity index (χ3n) is 3.19. The molecule has 2 aromatic carbocycles. The Morgan fingerprint density at radius 2 is 1.89 bits per heavy atom. The number of benzene rings is 2. The number of halogens is 1. The van der Waals surface area contributed by atoms with Crippen LogP contribution in [0.25, 0.3) is 16.6 Å². The molecule has 19 heavy (non-hydrogen) atoms. The number of rotatable bonds is 2. The van der Waals surface area contributed by atoms with E-state index in [2.05, 4.69) is 0 Å². The van der Waals surface area contributed by atoms with Gasteiger partial charge in [0.1, 0.15) is 0 Å². The number of nitrogens with zero attached hydrogens (tertiary/aromatic N) is 2. The van der Waals surface area contributed by atoms with Gasteiger partial charge in [-0.2, -0.15) is 0 Å². The van der Waals surface area contributed by atoms with Crippen molar-refractivity contribution in [1.82, 2.24) is 9.36 Å². The quantitative estimate of drug-likeness (QED) is 0.702. The number of para-hydroxylation sites is 1. The lowest BCUT2D eigenvalue weighted by Crippen LogP contribution is -2.20. The highest BCUT2D eigenvalue weighted by Gasteiger charge is 2.12. The predicted molar refractivity (Wildman–Crippen MR) is 78.2 cm³/mol. The molecule has 3 rings (SSSR count). The van der Waals surface area contributed by atoms with Crippen LogP contribution in [-0.2, 0) is 6.54 Å². The summed E-state index contributed by atoms with van der Waals surface area (Å²) < 4.78 is 3.64. The van der Waals surface area contributed by atoms with Gasteiger partial charge in [0.15, 0.2) is 0 Å². The highest BCUT2D eigenvalue weighted by Crippen LogP contribution is 2.20. The maximum absolute atomic E-state index is 12.3. The van der Waals surface area contributed by atoms with Crippen LogP contribution in [0.2, 0.25) is 5.02 Å². The first kappa shape index (κ1) is 12.1. The van der Waals surface area contributed by atoms with Crippen molar-refractivity contribution in [2.24, 2.45) is 0 Å². The molecule has 0 spiro atoms. The summed E-state index contributed by atoms with van der Waals surface area (Å²) in [7, 11) is 0. The highest BCUT2D eigenvalue weighted by molar-refractivity contribution is 6.30. The van der Waals surface area contributed by atoms with E-state index in [4.69, 9.17) is 11.6 Å². The fourth-order valence-corrected chi connectivity index (χ4v) is 2.55. The number of fused-ring (bicyclic) bond motifs is 1. The third-order valence-corrected chi connectivity index (χ3v) is 3.43. The average molecular weight is 273 g/mol. The zero-order chi connectivity index (χ0) is 13.4. The van der Waals surface area contributed by atoms with E-state index in [1.807, 2.05) is 60.1 Å². The van der Waals surface area contributed by atoms with E-state index in [1.54, 1.807) is 4.68 Å². The predicted octanol–water partition coefficient (Wildman–Crippen LogP) is 3.47. The Labute approximate surface area is 115 Å². The van der Waals surface area contributed by atoms with Gasteiger partial charge in [-0.05, 0) is 37.3 Å². The second kappa shape index (κ2) is 4.59. The molecule has 0 aliphatic rings. The van der Waals surface area contributed by atoms with Crippen LogP contribution in [0.5, 0.6) is 0 Å². The molecule has 1 aromatic heterocycles. The molecule has 0 amide bonds. The van der Waals surface area contributed by atoms with Gasteiger partial charge >= 0.3 is 0 Å². The normalized spacial score (nSPS) is 11.1. The van der Waals surface area contributed by atoms with Gasteiger partial charge in [-0.15, -0.1) is 0 Å². The van der Waals surface area contributed by atoms with Gasteiger partial charge in [-0.1, -0.05) is 29.8 Å². The maximum atomic E-state index is 12.3. The fourth-order valence-electron chi connectivity index (χ4n) is 2.37. The summed E-state index contributed by atoms with van der Waals surface area (Å²) >= 11 is 6.05. The van der Waals surface area contributed by atoms with Crippen LogP contribution in [0.15, 0.2) is 53.3 Å². The summed E-state index contributed by atoms with van der Waals surface area (Å²) in [5.74, 6) is 0. The fraction of sp³-hybridized carbons (Fsp3) is 0.133. The lowest BCUT2D eigenvalue weighted by atomic mass is 10.2. The van der Waals surface area contributed by atoms with Gasteiger partial charge in [0.05, 0.1) is 16.6 Å². The molecule has 3 aromatic rings. The Hall–Kier alpha value is -2.00. The Kier molecular flexibility index (Phi) is 2.91. The van der Waals surface area contributed by atoms with E-state index in [1.165, 1.54) is 0 Å². The number of hydrogen-bond donors (Lipinski definition) is 0. The molecule has 0 saturated heterocycles. The standard InChI is InChI=1S/C15H13ClN2O/c1-2-17-15(19)13-8-3-4-9-14(13)18(17)12-7-5-6-11(16)10-12/h3-10H,2H2,1H3. The minimum absolute atomic E-state index is 0.0260. The molecule has 0 N–H and O–H groups in total. The summed E-state index contributed by atoms with van der Waals surface area (Å²) in [6.07, 6.45) is 0. The van der Waals surface area contributed by atoms with Gasteiger partial charge in [0.25, 0.3) is 5.56 Å². The smallest absolute Gasteiger partial charge is 0.267 e. The summed E-state index contributed by atoms with van der Waals surface area (Å²) in [4.78, 5) is 12.3. The Morgan fingerprint density at radius 1 is 1.11 bits per heavy atom. The van der Waals surface area contributed by atoms with Crippen LogP contribution in [-0.4, -0.2) is 9.36 Å². The van der Waals surface area contributed by atoms with Crippen molar-refractivity contribution in [3.05, 3.63) is 63.9 Å². The van der Waals surface area contributed by atoms with Gasteiger partial charge in [0, 0.05) is 11.6 Å². The van der Waals surface area contributed by atoms with Gasteiger partial charge in [-0.3, -0.25) is 9.48 Å². The number of hydrogen-bond acceptors (Lipinski definition) is 1. The molecule has 0 unspecified atom stereocenters. The molecule has 0 aliphatic heterocycles. The average Bonchev–Trinajstić information content (AvgIpc) is 2.72. The molecular formula is C15H13ClN2O. The second-order valence-electron chi connectivity index (χ2n) is 4.33. The lowest BCUT2D eigenvalue weighted by molar-refractivity contribution is 0.578. The van der Waals surface area contributed by atoms with Crippen molar-refractivity contribution >= 4 is 22.5 Å². The monoisotopic (exact) mass is 272 g/mol. The zero-order valence-electron chi connectivity index (χ0n) is 10.5. The van der Waals surface area contributed by atoms with E-state index < -0.39 is 0 Å². The van der Waals surface area contributed by atoms with Crippen molar-refractivity contribution in [2.45, 2.75) is 13.5 Å². The maximum Gasteiger partial charge on any atom is 0.274 e. The van der Waals surface area contributed by atoms with Crippen LogP contribution in [0.3, 0.4) is 0 Å². The van der Waals surface area contributed by atoms with Crippen molar-refractivity contribution in [3.63, 3.8) is 0 Å². The molecule has 0 atom stereocenters. The van der Waals surface area contributed by atoms with E-state index in [0.717, 1.165) is 16.6 Å². The molecule has 1 heterocycles. The van der Waals surface area contributed by atoms with Crippen molar-refractivity contribution < 1.29 is 0 Å². The first-order valence-electron chi connectivity index (χ1n) is 6.19. The van der Waals surface area contributed by atoms with Gasteiger partial charge in [0.2, 0.25) is 0 Å². The minimum Gasteiger partial charge on any atom is -0.267 e. The van der Waals surface area contributed by atoms with Crippen LogP contribution in [0, 0.1) is 0 Å². The van der Waals surface area contributed by atoms with Crippen molar-refractivity contribution in [3.8, 4) is 5.69 Å². The number of aromatic nitrogens is 2. The topological polar surface area (TPSA) is 26.9 Å². The summed E-state index contributed by atoms with van der Waals surface area (Å²) in [6.45, 7) is 2.57. The first-order chi connectivity index (χ1) is 9.22. The lowest BCUT2D eigenvalue weighted by Gasteiger charge is -2.11. The Morgan fingerprint density at radius 3 is 2.63 bits per heavy atom. The van der Waals surface area contributed by atoms with E-state index >= 15 is 0 Å². The zero-order valence-corrected chi connectivity index (χ0v) is 11.3. The molecule has 0 fully saturated rings.